The first kappa shape index (κ1) is 50.2. The van der Waals surface area contributed by atoms with Crippen molar-refractivity contribution in [2.45, 2.75) is 187 Å². The minimum atomic E-state index is -4.62. The lowest BCUT2D eigenvalue weighted by Gasteiger charge is -2.20. The Bertz CT molecular complexity index is 967. The molecule has 10 nitrogen and oxygen atoms in total. The number of carbonyl (C=O) groups excluding carboxylic acids is 2. The van der Waals surface area contributed by atoms with Crippen LogP contribution < -0.4 is 0 Å². The summed E-state index contributed by atoms with van der Waals surface area (Å²) in [5.41, 5.74) is 0. The molecule has 0 heterocycles. The molecule has 0 aliphatic rings. The van der Waals surface area contributed by atoms with Gasteiger partial charge in [-0.25, -0.2) is 4.57 Å². The van der Waals surface area contributed by atoms with E-state index in [0.717, 1.165) is 70.6 Å². The van der Waals surface area contributed by atoms with Crippen LogP contribution >= 0.6 is 7.82 Å². The molecule has 0 aliphatic carbocycles. The van der Waals surface area contributed by atoms with Crippen LogP contribution in [0.1, 0.15) is 174 Å². The van der Waals surface area contributed by atoms with Crippen molar-refractivity contribution in [2.75, 3.05) is 26.4 Å². The van der Waals surface area contributed by atoms with Gasteiger partial charge in [-0.05, 0) is 44.9 Å². The molecule has 0 saturated carbocycles. The van der Waals surface area contributed by atoms with E-state index in [1.165, 1.54) is 64.2 Å². The molecular formula is C41H75O10P. The Labute approximate surface area is 316 Å². The van der Waals surface area contributed by atoms with Crippen LogP contribution in [0.4, 0.5) is 0 Å². The Morgan fingerprint density at radius 2 is 1.06 bits per heavy atom. The summed E-state index contributed by atoms with van der Waals surface area (Å²) in [6.45, 7) is 2.25. The van der Waals surface area contributed by atoms with Gasteiger partial charge in [0.05, 0.1) is 19.8 Å². The van der Waals surface area contributed by atoms with Crippen LogP contribution in [0.5, 0.6) is 0 Å². The molecule has 0 rings (SSSR count). The van der Waals surface area contributed by atoms with Crippen molar-refractivity contribution in [3.05, 3.63) is 36.5 Å². The van der Waals surface area contributed by atoms with E-state index in [1.54, 1.807) is 0 Å². The Morgan fingerprint density at radius 3 is 1.60 bits per heavy atom. The van der Waals surface area contributed by atoms with Gasteiger partial charge in [0, 0.05) is 12.8 Å². The second-order valence-electron chi connectivity index (χ2n) is 13.6. The van der Waals surface area contributed by atoms with E-state index in [-0.39, 0.29) is 19.4 Å². The average Bonchev–Trinajstić information content (AvgIpc) is 3.13. The Balaban J connectivity index is 4.35. The second kappa shape index (κ2) is 37.5. The maximum absolute atomic E-state index is 12.6. The maximum atomic E-state index is 12.6. The minimum absolute atomic E-state index is 0.166. The van der Waals surface area contributed by atoms with Gasteiger partial charge in [0.1, 0.15) is 12.7 Å². The number of aliphatic hydroxyl groups is 2. The number of ether oxygens (including phenoxy) is 2. The van der Waals surface area contributed by atoms with E-state index in [4.69, 9.17) is 19.1 Å². The van der Waals surface area contributed by atoms with Crippen molar-refractivity contribution in [3.8, 4) is 0 Å². The van der Waals surface area contributed by atoms with E-state index in [2.05, 4.69) is 54.8 Å². The van der Waals surface area contributed by atoms with Crippen molar-refractivity contribution >= 4 is 19.8 Å². The maximum Gasteiger partial charge on any atom is 0.472 e. The lowest BCUT2D eigenvalue weighted by molar-refractivity contribution is -0.161. The Kier molecular flexibility index (Phi) is 36.2. The van der Waals surface area contributed by atoms with Gasteiger partial charge in [0.2, 0.25) is 0 Å². The summed E-state index contributed by atoms with van der Waals surface area (Å²) in [6, 6.07) is 0. The molecule has 0 bridgehead atoms. The number of rotatable bonds is 38. The Hall–Kier alpha value is -1.81. The van der Waals surface area contributed by atoms with Gasteiger partial charge in [-0.1, -0.05) is 153 Å². The summed E-state index contributed by atoms with van der Waals surface area (Å²) in [4.78, 5) is 34.9. The standard InChI is InChI=1S/C41H75O10P/c1-3-5-7-9-11-13-15-17-19-21-23-25-27-29-31-33-41(45)51-39(37-50-52(46,47)49-35-38(43)34-42)36-48-40(44)32-30-28-26-24-22-20-18-16-14-12-10-8-6-4-2/h5,7,11,13,17,19,38-39,42-43H,3-4,6,8-10,12,14-16,18,20-37H2,1-2H3,(H,46,47)/b7-5-,13-11-,19-17-/t38-,39+/m0/s1. The predicted molar refractivity (Wildman–Crippen MR) is 210 cm³/mol. The summed E-state index contributed by atoms with van der Waals surface area (Å²) in [5, 5.41) is 18.3. The quantitative estimate of drug-likeness (QED) is 0.0240. The molecule has 1 unspecified atom stereocenters. The lowest BCUT2D eigenvalue weighted by atomic mass is 10.0. The third-order valence-electron chi connectivity index (χ3n) is 8.56. The van der Waals surface area contributed by atoms with Gasteiger partial charge in [-0.15, -0.1) is 0 Å². The van der Waals surface area contributed by atoms with Crippen molar-refractivity contribution in [1.82, 2.24) is 0 Å². The average molecular weight is 759 g/mol. The van der Waals surface area contributed by atoms with E-state index in [9.17, 15) is 24.2 Å². The third kappa shape index (κ3) is 36.5. The summed E-state index contributed by atoms with van der Waals surface area (Å²) in [5.74, 6) is -0.942. The highest BCUT2D eigenvalue weighted by atomic mass is 31.2. The van der Waals surface area contributed by atoms with Gasteiger partial charge in [-0.2, -0.15) is 0 Å². The monoisotopic (exact) mass is 759 g/mol. The molecule has 0 spiro atoms. The van der Waals surface area contributed by atoms with Crippen molar-refractivity contribution in [1.29, 1.82) is 0 Å². The summed E-state index contributed by atoms with van der Waals surface area (Å²) in [6.07, 6.45) is 36.8. The van der Waals surface area contributed by atoms with Crippen molar-refractivity contribution < 1.29 is 47.8 Å². The molecule has 3 N–H and O–H groups in total. The molecule has 0 aromatic heterocycles. The fourth-order valence-electron chi connectivity index (χ4n) is 5.42. The fraction of sp³-hybridized carbons (Fsp3) is 0.805. The van der Waals surface area contributed by atoms with Crippen LogP contribution in [0, 0.1) is 0 Å². The number of aliphatic hydroxyl groups excluding tert-OH is 2. The van der Waals surface area contributed by atoms with Crippen LogP contribution in [0.25, 0.3) is 0 Å². The molecule has 52 heavy (non-hydrogen) atoms. The number of allylic oxidation sites excluding steroid dienone is 6. The molecule has 304 valence electrons. The van der Waals surface area contributed by atoms with Gasteiger partial charge in [-0.3, -0.25) is 18.6 Å². The van der Waals surface area contributed by atoms with Crippen molar-refractivity contribution in [2.24, 2.45) is 0 Å². The van der Waals surface area contributed by atoms with E-state index in [0.29, 0.717) is 12.8 Å². The zero-order chi connectivity index (χ0) is 38.4. The molecule has 0 amide bonds. The summed E-state index contributed by atoms with van der Waals surface area (Å²) >= 11 is 0. The molecule has 0 aromatic rings. The first-order valence-corrected chi connectivity index (χ1v) is 21.9. The predicted octanol–water partition coefficient (Wildman–Crippen LogP) is 10.4. The molecule has 3 atom stereocenters. The van der Waals surface area contributed by atoms with E-state index < -0.39 is 51.8 Å². The third-order valence-corrected chi connectivity index (χ3v) is 9.51. The number of phosphoric acid groups is 1. The van der Waals surface area contributed by atoms with Gasteiger partial charge in [0.25, 0.3) is 0 Å². The fourth-order valence-corrected chi connectivity index (χ4v) is 6.21. The molecule has 0 saturated heterocycles. The van der Waals surface area contributed by atoms with Crippen LogP contribution in [0.2, 0.25) is 0 Å². The Morgan fingerprint density at radius 1 is 0.596 bits per heavy atom. The summed E-state index contributed by atoms with van der Waals surface area (Å²) in [7, 11) is -4.62. The number of carbonyl (C=O) groups is 2. The van der Waals surface area contributed by atoms with E-state index in [1.807, 2.05) is 0 Å². The largest absolute Gasteiger partial charge is 0.472 e. The van der Waals surface area contributed by atoms with Crippen LogP contribution in [-0.4, -0.2) is 65.7 Å². The highest BCUT2D eigenvalue weighted by Gasteiger charge is 2.27. The SMILES string of the molecule is CC/C=C\C/C=C\C/C=C\CCCCCCCC(=O)O[C@H](COC(=O)CCCCCCCCCCCCCCCC)COP(=O)(O)OC[C@@H](O)CO. The van der Waals surface area contributed by atoms with Gasteiger partial charge >= 0.3 is 19.8 Å². The lowest BCUT2D eigenvalue weighted by Crippen LogP contribution is -2.29. The molecule has 11 heteroatoms. The molecule has 0 aromatic carbocycles. The topological polar surface area (TPSA) is 149 Å². The number of unbranched alkanes of at least 4 members (excludes halogenated alkanes) is 18. The van der Waals surface area contributed by atoms with Crippen molar-refractivity contribution in [3.63, 3.8) is 0 Å². The van der Waals surface area contributed by atoms with Crippen LogP contribution in [-0.2, 0) is 32.7 Å². The zero-order valence-corrected chi connectivity index (χ0v) is 33.7. The number of hydrogen-bond acceptors (Lipinski definition) is 9. The van der Waals surface area contributed by atoms with Crippen LogP contribution in [0.3, 0.4) is 0 Å². The number of phosphoric ester groups is 1. The van der Waals surface area contributed by atoms with Crippen LogP contribution in [0.15, 0.2) is 36.5 Å². The highest BCUT2D eigenvalue weighted by Crippen LogP contribution is 2.43. The minimum Gasteiger partial charge on any atom is -0.462 e. The molecular weight excluding hydrogens is 683 g/mol. The number of esters is 2. The zero-order valence-electron chi connectivity index (χ0n) is 32.8. The van der Waals surface area contributed by atoms with Gasteiger partial charge in [0.15, 0.2) is 6.10 Å². The molecule has 0 radical (unpaired) electrons. The summed E-state index contributed by atoms with van der Waals surface area (Å²) < 4.78 is 32.6. The molecule has 0 fully saturated rings. The normalized spacial score (nSPS) is 14.3. The second-order valence-corrected chi connectivity index (χ2v) is 15.1. The van der Waals surface area contributed by atoms with E-state index >= 15 is 0 Å². The smallest absolute Gasteiger partial charge is 0.462 e. The first-order chi connectivity index (χ1) is 25.2. The van der Waals surface area contributed by atoms with Gasteiger partial charge < -0.3 is 24.6 Å². The highest BCUT2D eigenvalue weighted by molar-refractivity contribution is 7.47. The number of hydrogen-bond donors (Lipinski definition) is 3. The molecule has 0 aliphatic heterocycles. The first-order valence-electron chi connectivity index (χ1n) is 20.4.